The van der Waals surface area contributed by atoms with Crippen LogP contribution >= 0.6 is 11.6 Å². The molecule has 3 aromatic rings. The quantitative estimate of drug-likeness (QED) is 0.660. The summed E-state index contributed by atoms with van der Waals surface area (Å²) in [4.78, 5) is 12.4. The van der Waals surface area contributed by atoms with Crippen LogP contribution in [0.25, 0.3) is 0 Å². The van der Waals surface area contributed by atoms with E-state index >= 15 is 0 Å². The molecule has 0 spiro atoms. The molecule has 2 heterocycles. The molecule has 26 heavy (non-hydrogen) atoms. The van der Waals surface area contributed by atoms with Gasteiger partial charge in [0.25, 0.3) is 0 Å². The third-order valence-electron chi connectivity index (χ3n) is 3.36. The van der Waals surface area contributed by atoms with Crippen LogP contribution in [0.3, 0.4) is 0 Å². The van der Waals surface area contributed by atoms with Crippen LogP contribution in [0.15, 0.2) is 54.9 Å². The van der Waals surface area contributed by atoms with Gasteiger partial charge in [-0.2, -0.15) is 18.2 Å². The number of anilines is 3. The van der Waals surface area contributed by atoms with Gasteiger partial charge in [-0.25, -0.2) is 4.98 Å². The summed E-state index contributed by atoms with van der Waals surface area (Å²) < 4.78 is 38.8. The first-order valence-electron chi connectivity index (χ1n) is 7.52. The molecule has 0 bridgehead atoms. The van der Waals surface area contributed by atoms with E-state index in [2.05, 4.69) is 25.6 Å². The molecule has 0 fully saturated rings. The summed E-state index contributed by atoms with van der Waals surface area (Å²) in [7, 11) is 0. The van der Waals surface area contributed by atoms with Crippen molar-refractivity contribution in [3.05, 3.63) is 71.1 Å². The Morgan fingerprint density at radius 3 is 2.58 bits per heavy atom. The summed E-state index contributed by atoms with van der Waals surface area (Å²) in [5, 5.41) is 5.46. The van der Waals surface area contributed by atoms with E-state index in [-0.39, 0.29) is 16.7 Å². The van der Waals surface area contributed by atoms with Gasteiger partial charge in [0.2, 0.25) is 5.95 Å². The SMILES string of the molecule is FC(F)(F)c1cc(Nc2nccc(NCc3ccccn3)n2)ccc1Cl. The molecule has 0 aliphatic carbocycles. The molecular weight excluding hydrogens is 367 g/mol. The number of nitrogens with one attached hydrogen (secondary N) is 2. The minimum absolute atomic E-state index is 0.159. The van der Waals surface area contributed by atoms with Crippen molar-refractivity contribution in [2.24, 2.45) is 0 Å². The molecule has 0 atom stereocenters. The maximum absolute atomic E-state index is 12.9. The Morgan fingerprint density at radius 2 is 1.85 bits per heavy atom. The van der Waals surface area contributed by atoms with Gasteiger partial charge in [0.15, 0.2) is 0 Å². The second kappa shape index (κ2) is 7.57. The molecule has 0 radical (unpaired) electrons. The van der Waals surface area contributed by atoms with Crippen molar-refractivity contribution in [2.75, 3.05) is 10.6 Å². The largest absolute Gasteiger partial charge is 0.417 e. The number of halogens is 4. The van der Waals surface area contributed by atoms with Gasteiger partial charge in [-0.05, 0) is 36.4 Å². The van der Waals surface area contributed by atoms with Crippen molar-refractivity contribution < 1.29 is 13.2 Å². The van der Waals surface area contributed by atoms with Crippen LogP contribution in [0, 0.1) is 0 Å². The third-order valence-corrected chi connectivity index (χ3v) is 3.69. The highest BCUT2D eigenvalue weighted by Gasteiger charge is 2.33. The van der Waals surface area contributed by atoms with Crippen LogP contribution in [0.2, 0.25) is 5.02 Å². The Balaban J connectivity index is 1.73. The first kappa shape index (κ1) is 17.9. The van der Waals surface area contributed by atoms with Crippen LogP contribution in [0.5, 0.6) is 0 Å². The van der Waals surface area contributed by atoms with Crippen molar-refractivity contribution >= 4 is 29.1 Å². The molecule has 0 aliphatic rings. The number of alkyl halides is 3. The lowest BCUT2D eigenvalue weighted by Gasteiger charge is -2.12. The molecule has 5 nitrogen and oxygen atoms in total. The molecule has 0 aliphatic heterocycles. The van der Waals surface area contributed by atoms with Gasteiger partial charge >= 0.3 is 6.18 Å². The average molecular weight is 380 g/mol. The first-order chi connectivity index (χ1) is 12.4. The zero-order chi connectivity index (χ0) is 18.6. The van der Waals surface area contributed by atoms with Crippen molar-refractivity contribution in [1.29, 1.82) is 0 Å². The maximum atomic E-state index is 12.9. The predicted molar refractivity (Wildman–Crippen MR) is 93.3 cm³/mol. The number of nitrogens with zero attached hydrogens (tertiary/aromatic N) is 3. The zero-order valence-electron chi connectivity index (χ0n) is 13.3. The van der Waals surface area contributed by atoms with Gasteiger partial charge in [-0.1, -0.05) is 17.7 Å². The van der Waals surface area contributed by atoms with Crippen LogP contribution in [0.4, 0.5) is 30.6 Å². The van der Waals surface area contributed by atoms with E-state index in [1.807, 2.05) is 18.2 Å². The Hall–Kier alpha value is -2.87. The number of benzene rings is 1. The summed E-state index contributed by atoms with van der Waals surface area (Å²) in [5.74, 6) is 0.671. The second-order valence-electron chi connectivity index (χ2n) is 5.26. The Bertz CT molecular complexity index is 887. The van der Waals surface area contributed by atoms with Gasteiger partial charge in [0.05, 0.1) is 22.8 Å². The van der Waals surface area contributed by atoms with Crippen LogP contribution in [-0.4, -0.2) is 15.0 Å². The number of hydrogen-bond donors (Lipinski definition) is 2. The molecule has 1 aromatic carbocycles. The van der Waals surface area contributed by atoms with Crippen molar-refractivity contribution in [3.8, 4) is 0 Å². The van der Waals surface area contributed by atoms with Gasteiger partial charge in [0, 0.05) is 18.1 Å². The van der Waals surface area contributed by atoms with E-state index < -0.39 is 11.7 Å². The first-order valence-corrected chi connectivity index (χ1v) is 7.90. The van der Waals surface area contributed by atoms with Gasteiger partial charge in [-0.15, -0.1) is 0 Å². The summed E-state index contributed by atoms with van der Waals surface area (Å²) in [5.41, 5.74) is 0.0883. The van der Waals surface area contributed by atoms with E-state index in [1.54, 1.807) is 12.3 Å². The topological polar surface area (TPSA) is 62.7 Å². The molecule has 0 saturated carbocycles. The molecule has 0 amide bonds. The molecule has 0 saturated heterocycles. The number of aromatic nitrogens is 3. The van der Waals surface area contributed by atoms with Crippen LogP contribution in [0.1, 0.15) is 11.3 Å². The van der Waals surface area contributed by atoms with Gasteiger partial charge in [0.1, 0.15) is 5.82 Å². The maximum Gasteiger partial charge on any atom is 0.417 e. The van der Waals surface area contributed by atoms with Gasteiger partial charge < -0.3 is 10.6 Å². The monoisotopic (exact) mass is 379 g/mol. The van der Waals surface area contributed by atoms with Crippen LogP contribution < -0.4 is 10.6 Å². The van der Waals surface area contributed by atoms with E-state index in [4.69, 9.17) is 11.6 Å². The Labute approximate surface area is 152 Å². The molecule has 9 heteroatoms. The van der Waals surface area contributed by atoms with E-state index in [9.17, 15) is 13.2 Å². The second-order valence-corrected chi connectivity index (χ2v) is 5.66. The smallest absolute Gasteiger partial charge is 0.364 e. The lowest BCUT2D eigenvalue weighted by Crippen LogP contribution is -2.08. The van der Waals surface area contributed by atoms with Crippen molar-refractivity contribution in [3.63, 3.8) is 0 Å². The van der Waals surface area contributed by atoms with Crippen molar-refractivity contribution in [2.45, 2.75) is 12.7 Å². The third kappa shape index (κ3) is 4.60. The fourth-order valence-corrected chi connectivity index (χ4v) is 2.38. The highest BCUT2D eigenvalue weighted by atomic mass is 35.5. The zero-order valence-corrected chi connectivity index (χ0v) is 14.0. The summed E-state index contributed by atoms with van der Waals surface area (Å²) >= 11 is 5.61. The molecule has 2 N–H and O–H groups in total. The lowest BCUT2D eigenvalue weighted by molar-refractivity contribution is -0.137. The highest BCUT2D eigenvalue weighted by Crippen LogP contribution is 2.36. The number of rotatable bonds is 5. The fourth-order valence-electron chi connectivity index (χ4n) is 2.15. The normalized spacial score (nSPS) is 11.2. The molecule has 0 unspecified atom stereocenters. The average Bonchev–Trinajstić information content (AvgIpc) is 2.62. The minimum atomic E-state index is -4.54. The molecule has 2 aromatic heterocycles. The van der Waals surface area contributed by atoms with Gasteiger partial charge in [-0.3, -0.25) is 4.98 Å². The Kier molecular flexibility index (Phi) is 5.22. The lowest BCUT2D eigenvalue weighted by atomic mass is 10.2. The predicted octanol–water partition coefficient (Wildman–Crippen LogP) is 4.90. The van der Waals surface area contributed by atoms with E-state index in [1.165, 1.54) is 18.3 Å². The molecule has 134 valence electrons. The van der Waals surface area contributed by atoms with Crippen LogP contribution in [-0.2, 0) is 12.7 Å². The number of pyridine rings is 1. The van der Waals surface area contributed by atoms with E-state index in [0.29, 0.717) is 12.4 Å². The van der Waals surface area contributed by atoms with E-state index in [0.717, 1.165) is 11.8 Å². The molecule has 3 rings (SSSR count). The highest BCUT2D eigenvalue weighted by molar-refractivity contribution is 6.31. The number of hydrogen-bond acceptors (Lipinski definition) is 5. The van der Waals surface area contributed by atoms with Crippen molar-refractivity contribution in [1.82, 2.24) is 15.0 Å². The minimum Gasteiger partial charge on any atom is -0.364 e. The fraction of sp³-hybridized carbons (Fsp3) is 0.118. The summed E-state index contributed by atoms with van der Waals surface area (Å²) in [6.45, 7) is 0.455. The molecular formula is C17H13ClF3N5. The summed E-state index contributed by atoms with van der Waals surface area (Å²) in [6.07, 6.45) is -1.36. The summed E-state index contributed by atoms with van der Waals surface area (Å²) in [6, 6.07) is 10.7. The Morgan fingerprint density at radius 1 is 1.00 bits per heavy atom. The standard InChI is InChI=1S/C17H13ClF3N5/c18-14-5-4-11(9-13(14)17(19,20)21)25-16-23-8-6-15(26-16)24-10-12-3-1-2-7-22-12/h1-9H,10H2,(H2,23,24,25,26).